The maximum Gasteiger partial charge on any atom is 4.00 e. The van der Waals surface area contributed by atoms with Crippen LogP contribution >= 0.6 is 7.92 Å². The first kappa shape index (κ1) is 86.0. The molecule has 5 rings (SSSR count). The summed E-state index contributed by atoms with van der Waals surface area (Å²) in [5.41, 5.74) is 31.8. The molecule has 0 N–H and O–H groups in total. The van der Waals surface area contributed by atoms with Gasteiger partial charge in [0.25, 0.3) is 0 Å². The van der Waals surface area contributed by atoms with Crippen LogP contribution in [0, 0.1) is 296 Å². The molecule has 0 fully saturated rings. The second-order valence-corrected chi connectivity index (χ2v) is 47.6. The Bertz CT molecular complexity index is 1990. The Balaban J connectivity index is -0.0000000403. The topological polar surface area (TPSA) is 0 Å². The van der Waals surface area contributed by atoms with Gasteiger partial charge >= 0.3 is 172 Å². The van der Waals surface area contributed by atoms with Crippen molar-refractivity contribution in [1.82, 2.24) is 0 Å². The Kier molecular flexibility index (Phi) is 42.3. The molecule has 0 nitrogen and oxygen atoms in total. The van der Waals surface area contributed by atoms with Crippen LogP contribution in [0.2, 0.25) is 78.6 Å². The fourth-order valence-corrected chi connectivity index (χ4v) is 21.3. The quantitative estimate of drug-likeness (QED) is 0.0956. The van der Waals surface area contributed by atoms with Crippen molar-refractivity contribution in [3.63, 3.8) is 0 Å². The molecule has 0 radical (unpaired) electrons. The summed E-state index contributed by atoms with van der Waals surface area (Å²) in [5.74, 6) is 0. The van der Waals surface area contributed by atoms with Crippen LogP contribution in [-0.4, -0.2) is 52.3 Å². The molecule has 0 unspecified atom stereocenters. The molecule has 0 aromatic heterocycles. The van der Waals surface area contributed by atoms with Crippen molar-refractivity contribution in [3.8, 4) is 0 Å². The third-order valence-corrected chi connectivity index (χ3v) is 24.6. The van der Waals surface area contributed by atoms with E-state index in [0.717, 1.165) is 0 Å². The fraction of sp³-hybridized carbons (Fsp3) is 0.590. The maximum atomic E-state index is 2.43. The molecule has 0 heterocycles. The zero-order valence-electron chi connectivity index (χ0n) is 63.6. The largest absolute Gasteiger partial charge is 4.00 e. The van der Waals surface area contributed by atoms with Gasteiger partial charge in [-0.05, 0) is 20.0 Å². The van der Waals surface area contributed by atoms with Gasteiger partial charge in [-0.25, -0.2) is 0 Å². The van der Waals surface area contributed by atoms with Crippen LogP contribution in [0.5, 0.6) is 0 Å². The van der Waals surface area contributed by atoms with Crippen LogP contribution in [0.1, 0.15) is 133 Å². The van der Waals surface area contributed by atoms with Crippen molar-refractivity contribution < 1.29 is 188 Å². The van der Waals surface area contributed by atoms with Crippen LogP contribution in [0.4, 0.5) is 0 Å². The molecule has 0 saturated heterocycles. The van der Waals surface area contributed by atoms with E-state index < -0.39 is 32.3 Å². The minimum absolute atomic E-state index is 0. The van der Waals surface area contributed by atoms with Crippen molar-refractivity contribution in [2.24, 2.45) is 0 Å². The standard InChI is InChI=1S/4C12H21Si.C10H15.C3H9P.4Ho.Mo.11H/c4*1-8-9(2)11(4)12(10(8)3)13(5,6)7;1-6-7(2)9(4)10(5)8(6)3;1-4(2)3;;;;;;;;;;;;;;;;/h4*1-7H3;1-5H3;1-3H3;;;;;;;;;;;;;;;;/q5*-1;;4*+3;+4;11*-1. The van der Waals surface area contributed by atoms with Gasteiger partial charge in [0.05, 0.1) is 0 Å². The second kappa shape index (κ2) is 34.9. The molecule has 0 saturated carbocycles. The van der Waals surface area contributed by atoms with E-state index in [1.165, 1.54) is 72.3 Å². The Labute approximate surface area is 600 Å². The Hall–Kier alpha value is 3.77. The zero-order chi connectivity index (χ0) is 53.0. The van der Waals surface area contributed by atoms with Crippen LogP contribution in [-0.2, 0) is 21.1 Å². The summed E-state index contributed by atoms with van der Waals surface area (Å²) in [6.45, 7) is 83.1. The molecule has 10 heteroatoms. The van der Waals surface area contributed by atoms with Crippen LogP contribution in [0.3, 0.4) is 0 Å². The predicted octanol–water partition coefficient (Wildman–Crippen LogP) is 18.3. The summed E-state index contributed by atoms with van der Waals surface area (Å²) in [4.78, 5) is 0. The Morgan fingerprint density at radius 1 is 0.254 bits per heavy atom. The average Bonchev–Trinajstić information content (AvgIpc) is 3.72. The first-order chi connectivity index (χ1) is 29.3. The normalized spacial score (nSPS) is 10.9. The van der Waals surface area contributed by atoms with E-state index in [0.29, 0.717) is 7.92 Å². The van der Waals surface area contributed by atoms with Gasteiger partial charge in [-0.3, -0.25) is 0 Å². The summed E-state index contributed by atoms with van der Waals surface area (Å²) in [5, 5.41) is 6.73. The second-order valence-electron chi connectivity index (χ2n) is 25.0. The molecule has 0 atom stereocenters. The molecular formula is C61H119Ho4MoPSi4. The Morgan fingerprint density at radius 2 is 0.338 bits per heavy atom. The molecule has 5 aromatic carbocycles. The molecule has 0 amide bonds. The summed E-state index contributed by atoms with van der Waals surface area (Å²) in [6, 6.07) is 0. The van der Waals surface area contributed by atoms with E-state index in [9.17, 15) is 0 Å². The number of hydrogen-bond acceptors (Lipinski definition) is 0. The van der Waals surface area contributed by atoms with Gasteiger partial charge < -0.3 is 15.7 Å². The van der Waals surface area contributed by atoms with Gasteiger partial charge in [-0.15, -0.1) is 7.92 Å². The Morgan fingerprint density at radius 3 is 0.380 bits per heavy atom. The molecule has 71 heavy (non-hydrogen) atoms. The zero-order valence-corrected chi connectivity index (χ0v) is 67.2. The monoisotopic (exact) mass is 1750 g/mol. The average molecular weight is 1750 g/mol. The molecule has 434 valence electrons. The van der Waals surface area contributed by atoms with Gasteiger partial charge in [0.15, 0.2) is 0 Å². The smallest absolute Gasteiger partial charge is 1.00 e. The third-order valence-electron chi connectivity index (χ3n) is 15.6. The molecule has 0 aliphatic heterocycles. The molecule has 0 bridgehead atoms. The SMILES string of the molecule is CP(C)C.Cc1c(C)c(C)[c-](C)c1C.Cc1c(C)c(C)[c-]([Si](C)(C)C)c1C.Cc1c(C)c(C)[c-]([Si](C)(C)C)c1C.Cc1c(C)c(C)[c-]([Si](C)(C)C)c1C.Cc1c(C)c(C)[c-]([Si](C)(C)C)c1C.[H-].[H-].[H-].[H-].[H-].[H-].[H-].[H-].[H-].[H-].[H-].[Ho+3].[Ho+3].[Ho+3].[Ho+3].[Mo+4]. The molecule has 5 aromatic rings. The van der Waals surface area contributed by atoms with Crippen molar-refractivity contribution in [1.29, 1.82) is 0 Å². The van der Waals surface area contributed by atoms with E-state index in [1.807, 2.05) is 0 Å². The fourth-order valence-electron chi connectivity index (χ4n) is 10.8. The molecule has 0 aliphatic rings. The van der Waals surface area contributed by atoms with E-state index in [2.05, 4.69) is 244 Å². The van der Waals surface area contributed by atoms with Crippen molar-refractivity contribution in [2.45, 2.75) is 224 Å². The molecule has 0 spiro atoms. The molecular weight excluding hydrogens is 1630 g/mol. The van der Waals surface area contributed by atoms with Gasteiger partial charge in [0.2, 0.25) is 0 Å². The number of rotatable bonds is 4. The minimum Gasteiger partial charge on any atom is -1.00 e. The van der Waals surface area contributed by atoms with Gasteiger partial charge in [-0.2, -0.15) is 138 Å². The summed E-state index contributed by atoms with van der Waals surface area (Å²) < 4.78 is 0. The third kappa shape index (κ3) is 23.3. The van der Waals surface area contributed by atoms with E-state index >= 15 is 0 Å². The first-order valence-corrected chi connectivity index (χ1v) is 41.8. The molecule has 0 aliphatic carbocycles. The van der Waals surface area contributed by atoms with Crippen LogP contribution in [0.25, 0.3) is 0 Å². The summed E-state index contributed by atoms with van der Waals surface area (Å²) >= 11 is 0. The van der Waals surface area contributed by atoms with Crippen molar-refractivity contribution in [3.05, 3.63) is 117 Å². The van der Waals surface area contributed by atoms with Gasteiger partial charge in [0.1, 0.15) is 0 Å². The van der Waals surface area contributed by atoms with Gasteiger partial charge in [-0.1, -0.05) is 224 Å². The predicted molar refractivity (Wildman–Crippen MR) is 338 cm³/mol. The minimum atomic E-state index is -1.13. The van der Waals surface area contributed by atoms with Gasteiger partial charge in [0, 0.05) is 32.3 Å². The van der Waals surface area contributed by atoms with Crippen LogP contribution < -0.4 is 20.7 Å². The van der Waals surface area contributed by atoms with Crippen LogP contribution in [0.15, 0.2) is 0 Å². The first-order valence-electron chi connectivity index (χ1n) is 25.1. The maximum absolute atomic E-state index is 2.43. The summed E-state index contributed by atoms with van der Waals surface area (Å²) in [6.07, 6.45) is 0. The van der Waals surface area contributed by atoms with E-state index in [4.69, 9.17) is 0 Å². The van der Waals surface area contributed by atoms with E-state index in [1.54, 1.807) is 65.3 Å². The van der Waals surface area contributed by atoms with Crippen molar-refractivity contribution in [2.75, 3.05) is 20.0 Å². The van der Waals surface area contributed by atoms with E-state index in [-0.39, 0.29) is 188 Å². The number of hydrogen-bond donors (Lipinski definition) is 0. The summed E-state index contributed by atoms with van der Waals surface area (Å²) in [7, 11) is -4.15. The van der Waals surface area contributed by atoms with Crippen molar-refractivity contribution >= 4 is 61.0 Å².